The summed E-state index contributed by atoms with van der Waals surface area (Å²) >= 11 is 3.20. The van der Waals surface area contributed by atoms with Crippen LogP contribution in [0.3, 0.4) is 0 Å². The van der Waals surface area contributed by atoms with Gasteiger partial charge in [0.05, 0.1) is 16.1 Å². The van der Waals surface area contributed by atoms with Gasteiger partial charge in [-0.05, 0) is 42.6 Å². The highest BCUT2D eigenvalue weighted by atomic mass is 32.1. The minimum absolute atomic E-state index is 0.611. The molecule has 0 amide bonds. The Morgan fingerprint density at radius 2 is 1.82 bits per heavy atom. The maximum absolute atomic E-state index is 6.12. The second-order valence-corrected chi connectivity index (χ2v) is 9.63. The van der Waals surface area contributed by atoms with Crippen molar-refractivity contribution in [3.05, 3.63) is 77.7 Å². The Bertz CT molecular complexity index is 1790. The van der Waals surface area contributed by atoms with E-state index in [1.54, 1.807) is 15.9 Å². The van der Waals surface area contributed by atoms with Crippen LogP contribution in [0.1, 0.15) is 5.56 Å². The lowest BCUT2D eigenvalue weighted by Crippen LogP contribution is -1.92. The lowest BCUT2D eigenvalue weighted by molar-refractivity contribution is 0.619. The average Bonchev–Trinajstić information content (AvgIpc) is 3.63. The van der Waals surface area contributed by atoms with Gasteiger partial charge in [-0.25, -0.2) is 4.98 Å². The van der Waals surface area contributed by atoms with Gasteiger partial charge in [-0.2, -0.15) is 9.61 Å². The lowest BCUT2D eigenvalue weighted by Gasteiger charge is -2.05. The monoisotopic (exact) mass is 465 g/mol. The van der Waals surface area contributed by atoms with Crippen molar-refractivity contribution in [3.63, 3.8) is 0 Å². The molecule has 0 unspecified atom stereocenters. The SMILES string of the molecule is Cc1c(-c2nnc3sc(-c4cccc5nc(-c6cccs6)ccc45)nn23)oc2ccccc12. The van der Waals surface area contributed by atoms with E-state index >= 15 is 0 Å². The quantitative estimate of drug-likeness (QED) is 0.285. The molecule has 33 heavy (non-hydrogen) atoms. The Morgan fingerprint density at radius 1 is 0.879 bits per heavy atom. The second-order valence-electron chi connectivity index (χ2n) is 7.72. The van der Waals surface area contributed by atoms with Crippen LogP contribution in [-0.4, -0.2) is 24.8 Å². The number of benzene rings is 2. The summed E-state index contributed by atoms with van der Waals surface area (Å²) in [6.45, 7) is 2.04. The van der Waals surface area contributed by atoms with E-state index in [1.165, 1.54) is 11.3 Å². The fourth-order valence-corrected chi connectivity index (χ4v) is 5.73. The molecule has 0 radical (unpaired) electrons. The Balaban J connectivity index is 1.37. The van der Waals surface area contributed by atoms with Crippen molar-refractivity contribution in [3.8, 4) is 32.7 Å². The van der Waals surface area contributed by atoms with Crippen molar-refractivity contribution in [2.75, 3.05) is 0 Å². The molecule has 0 fully saturated rings. The number of fused-ring (bicyclic) bond motifs is 3. The highest BCUT2D eigenvalue weighted by Gasteiger charge is 2.21. The summed E-state index contributed by atoms with van der Waals surface area (Å²) in [6, 6.07) is 22.5. The first-order chi connectivity index (χ1) is 16.3. The largest absolute Gasteiger partial charge is 0.452 e. The smallest absolute Gasteiger partial charge is 0.235 e. The highest BCUT2D eigenvalue weighted by Crippen LogP contribution is 2.36. The lowest BCUT2D eigenvalue weighted by atomic mass is 10.1. The molecule has 0 saturated carbocycles. The topological polar surface area (TPSA) is 69.1 Å². The van der Waals surface area contributed by atoms with Gasteiger partial charge in [0, 0.05) is 21.9 Å². The fourth-order valence-electron chi connectivity index (χ4n) is 4.16. The Kier molecular flexibility index (Phi) is 3.99. The van der Waals surface area contributed by atoms with E-state index in [2.05, 4.69) is 45.9 Å². The summed E-state index contributed by atoms with van der Waals surface area (Å²) < 4.78 is 7.89. The van der Waals surface area contributed by atoms with Crippen LogP contribution in [0.2, 0.25) is 0 Å². The van der Waals surface area contributed by atoms with Crippen molar-refractivity contribution < 1.29 is 4.42 Å². The molecule has 7 rings (SSSR count). The van der Waals surface area contributed by atoms with Crippen LogP contribution < -0.4 is 0 Å². The number of aryl methyl sites for hydroxylation is 1. The third kappa shape index (κ3) is 2.84. The van der Waals surface area contributed by atoms with Crippen LogP contribution in [0.15, 0.2) is 76.5 Å². The summed E-state index contributed by atoms with van der Waals surface area (Å²) in [4.78, 5) is 6.77. The number of nitrogens with zero attached hydrogens (tertiary/aromatic N) is 5. The highest BCUT2D eigenvalue weighted by molar-refractivity contribution is 7.20. The van der Waals surface area contributed by atoms with Crippen molar-refractivity contribution in [1.29, 1.82) is 0 Å². The molecule has 5 heterocycles. The van der Waals surface area contributed by atoms with Crippen LogP contribution in [0.25, 0.3) is 59.6 Å². The average molecular weight is 466 g/mol. The predicted molar refractivity (Wildman–Crippen MR) is 133 cm³/mol. The first-order valence-corrected chi connectivity index (χ1v) is 12.1. The van der Waals surface area contributed by atoms with Crippen molar-refractivity contribution in [1.82, 2.24) is 24.8 Å². The molecule has 5 aromatic heterocycles. The van der Waals surface area contributed by atoms with Gasteiger partial charge in [-0.15, -0.1) is 21.5 Å². The molecule has 0 atom stereocenters. The van der Waals surface area contributed by atoms with Gasteiger partial charge in [0.25, 0.3) is 0 Å². The third-order valence-corrected chi connectivity index (χ3v) is 7.60. The van der Waals surface area contributed by atoms with E-state index in [9.17, 15) is 0 Å². The zero-order valence-electron chi connectivity index (χ0n) is 17.4. The van der Waals surface area contributed by atoms with Crippen LogP contribution in [0.5, 0.6) is 0 Å². The van der Waals surface area contributed by atoms with Crippen LogP contribution in [0.4, 0.5) is 0 Å². The van der Waals surface area contributed by atoms with E-state index in [4.69, 9.17) is 14.5 Å². The molecule has 6 nitrogen and oxygen atoms in total. The number of para-hydroxylation sites is 1. The van der Waals surface area contributed by atoms with E-state index in [1.807, 2.05) is 43.3 Å². The van der Waals surface area contributed by atoms with E-state index < -0.39 is 0 Å². The van der Waals surface area contributed by atoms with Crippen LogP contribution in [-0.2, 0) is 0 Å². The summed E-state index contributed by atoms with van der Waals surface area (Å²) in [6.07, 6.45) is 0. The predicted octanol–water partition coefficient (Wildman–Crippen LogP) is 6.85. The minimum atomic E-state index is 0.611. The molecule has 0 N–H and O–H groups in total. The van der Waals surface area contributed by atoms with Crippen molar-refractivity contribution in [2.24, 2.45) is 0 Å². The summed E-state index contributed by atoms with van der Waals surface area (Å²) in [7, 11) is 0. The molecule has 8 heteroatoms. The zero-order valence-corrected chi connectivity index (χ0v) is 19.0. The first-order valence-electron chi connectivity index (χ1n) is 10.4. The molecule has 158 valence electrons. The fraction of sp³-hybridized carbons (Fsp3) is 0.0400. The maximum Gasteiger partial charge on any atom is 0.235 e. The molecule has 0 saturated heterocycles. The first kappa shape index (κ1) is 18.7. The number of thiophene rings is 1. The van der Waals surface area contributed by atoms with Gasteiger partial charge in [0.2, 0.25) is 10.8 Å². The Morgan fingerprint density at radius 3 is 2.70 bits per heavy atom. The van der Waals surface area contributed by atoms with Gasteiger partial charge >= 0.3 is 0 Å². The molecule has 0 spiro atoms. The van der Waals surface area contributed by atoms with E-state index in [0.717, 1.165) is 53.5 Å². The Hall–Kier alpha value is -3.88. The van der Waals surface area contributed by atoms with Crippen LogP contribution in [0, 0.1) is 6.92 Å². The number of aromatic nitrogens is 5. The van der Waals surface area contributed by atoms with Gasteiger partial charge in [-0.3, -0.25) is 0 Å². The molecule has 0 aliphatic heterocycles. The number of rotatable bonds is 3. The van der Waals surface area contributed by atoms with Gasteiger partial charge < -0.3 is 4.42 Å². The summed E-state index contributed by atoms with van der Waals surface area (Å²) in [5, 5.41) is 18.7. The molecular formula is C25H15N5OS2. The number of hydrogen-bond acceptors (Lipinski definition) is 7. The summed E-state index contributed by atoms with van der Waals surface area (Å²) in [5.41, 5.74) is 4.82. The normalized spacial score (nSPS) is 11.8. The van der Waals surface area contributed by atoms with Crippen LogP contribution >= 0.6 is 22.7 Å². The second kappa shape index (κ2) is 7.06. The van der Waals surface area contributed by atoms with Crippen molar-refractivity contribution in [2.45, 2.75) is 6.92 Å². The maximum atomic E-state index is 6.12. The van der Waals surface area contributed by atoms with Gasteiger partial charge in [-0.1, -0.05) is 47.7 Å². The molecule has 2 aromatic carbocycles. The van der Waals surface area contributed by atoms with E-state index in [0.29, 0.717) is 11.6 Å². The molecule has 0 aliphatic rings. The van der Waals surface area contributed by atoms with Gasteiger partial charge in [0.1, 0.15) is 10.6 Å². The number of hydrogen-bond donors (Lipinski definition) is 0. The molecule has 0 aliphatic carbocycles. The zero-order chi connectivity index (χ0) is 21.9. The minimum Gasteiger partial charge on any atom is -0.452 e. The summed E-state index contributed by atoms with van der Waals surface area (Å²) in [5.74, 6) is 1.31. The third-order valence-electron chi connectivity index (χ3n) is 5.77. The van der Waals surface area contributed by atoms with E-state index in [-0.39, 0.29) is 0 Å². The Labute approximate surface area is 195 Å². The molecular weight excluding hydrogens is 450 g/mol. The number of furan rings is 1. The molecule has 0 bridgehead atoms. The number of pyridine rings is 1. The molecule has 7 aromatic rings. The van der Waals surface area contributed by atoms with Gasteiger partial charge in [0.15, 0.2) is 5.76 Å². The standard InChI is InChI=1S/C25H15N5OS2/c1-14-15-6-2-3-9-20(15)31-22(14)23-27-28-25-30(23)29-24(33-25)17-7-4-8-18-16(17)11-12-19(26-18)21-10-5-13-32-21/h2-13H,1H3. The van der Waals surface area contributed by atoms with Crippen molar-refractivity contribution >= 4 is 49.5 Å².